The molecule has 1 amide bonds. The molecule has 0 atom stereocenters. The number of thioether (sulfide) groups is 1. The largest absolute Gasteiger partial charge is 0.351 e. The zero-order valence-electron chi connectivity index (χ0n) is 18.8. The fourth-order valence-electron chi connectivity index (χ4n) is 3.17. The minimum absolute atomic E-state index is 0.139. The highest BCUT2D eigenvalue weighted by Gasteiger charge is 2.15. The van der Waals surface area contributed by atoms with Crippen LogP contribution in [0.4, 0.5) is 0 Å². The maximum Gasteiger partial charge on any atom is 0.240 e. The summed E-state index contributed by atoms with van der Waals surface area (Å²) < 4.78 is 29.1. The summed E-state index contributed by atoms with van der Waals surface area (Å²) in [6.45, 7) is 2.38. The molecule has 0 radical (unpaired) electrons. The molecular weight excluding hydrogens is 508 g/mol. The van der Waals surface area contributed by atoms with Crippen LogP contribution in [0, 0.1) is 6.92 Å². The van der Waals surface area contributed by atoms with Gasteiger partial charge in [0.05, 0.1) is 10.6 Å². The molecule has 0 spiro atoms. The molecule has 0 fully saturated rings. The molecule has 0 aliphatic heterocycles. The monoisotopic (exact) mass is 530 g/mol. The molecule has 2 heterocycles. The molecule has 0 saturated carbocycles. The second-order valence-corrected chi connectivity index (χ2v) is 10.8. The SMILES string of the molecule is Cc1ccc(S(=O)(=O)NCCc2nnc3ccc(SCC(=O)NCc4ccccc4Cl)nn23)cc1. The van der Waals surface area contributed by atoms with Crippen LogP contribution >= 0.6 is 23.4 Å². The summed E-state index contributed by atoms with van der Waals surface area (Å²) in [4.78, 5) is 12.5. The van der Waals surface area contributed by atoms with Crippen molar-refractivity contribution in [3.63, 3.8) is 0 Å². The van der Waals surface area contributed by atoms with E-state index in [9.17, 15) is 13.2 Å². The highest BCUT2D eigenvalue weighted by atomic mass is 35.5. The van der Waals surface area contributed by atoms with E-state index in [2.05, 4.69) is 25.3 Å². The highest BCUT2D eigenvalue weighted by molar-refractivity contribution is 7.99. The fourth-order valence-corrected chi connectivity index (χ4v) is 5.09. The molecular formula is C23H23ClN6O3S2. The molecule has 2 aromatic heterocycles. The summed E-state index contributed by atoms with van der Waals surface area (Å²) >= 11 is 7.40. The first kappa shape index (κ1) is 25.1. The highest BCUT2D eigenvalue weighted by Crippen LogP contribution is 2.17. The normalized spacial score (nSPS) is 11.6. The number of aryl methyl sites for hydroxylation is 1. The van der Waals surface area contributed by atoms with Crippen LogP contribution in [0.2, 0.25) is 5.02 Å². The summed E-state index contributed by atoms with van der Waals surface area (Å²) in [5.74, 6) is 0.542. The lowest BCUT2D eigenvalue weighted by Crippen LogP contribution is -2.26. The minimum atomic E-state index is -3.62. The third-order valence-electron chi connectivity index (χ3n) is 5.06. The Balaban J connectivity index is 1.33. The van der Waals surface area contributed by atoms with Crippen molar-refractivity contribution in [3.05, 3.63) is 82.6 Å². The number of halogens is 1. The van der Waals surface area contributed by atoms with Crippen LogP contribution in [0.15, 0.2) is 70.6 Å². The molecule has 0 bridgehead atoms. The maximum atomic E-state index is 12.5. The van der Waals surface area contributed by atoms with E-state index < -0.39 is 10.0 Å². The summed E-state index contributed by atoms with van der Waals surface area (Å²) in [7, 11) is -3.62. The smallest absolute Gasteiger partial charge is 0.240 e. The van der Waals surface area contributed by atoms with Crippen molar-refractivity contribution in [3.8, 4) is 0 Å². The van der Waals surface area contributed by atoms with Crippen molar-refractivity contribution in [1.29, 1.82) is 0 Å². The topological polar surface area (TPSA) is 118 Å². The van der Waals surface area contributed by atoms with Gasteiger partial charge in [0.2, 0.25) is 15.9 Å². The van der Waals surface area contributed by atoms with E-state index in [4.69, 9.17) is 11.6 Å². The second-order valence-electron chi connectivity index (χ2n) is 7.68. The van der Waals surface area contributed by atoms with Crippen molar-refractivity contribution in [1.82, 2.24) is 29.9 Å². The van der Waals surface area contributed by atoms with Gasteiger partial charge in [0, 0.05) is 24.5 Å². The molecule has 4 rings (SSSR count). The summed E-state index contributed by atoms with van der Waals surface area (Å²) in [5.41, 5.74) is 2.37. The third kappa shape index (κ3) is 6.57. The van der Waals surface area contributed by atoms with Crippen LogP contribution in [0.5, 0.6) is 0 Å². The van der Waals surface area contributed by atoms with Crippen molar-refractivity contribution < 1.29 is 13.2 Å². The predicted molar refractivity (Wildman–Crippen MR) is 135 cm³/mol. The Morgan fingerprint density at radius 1 is 1.06 bits per heavy atom. The van der Waals surface area contributed by atoms with Gasteiger partial charge in [0.1, 0.15) is 5.03 Å². The standard InChI is InChI=1S/C23H23ClN6O3S2/c1-16-6-8-18(9-7-16)35(32,33)26-13-12-21-28-27-20-10-11-23(29-30(20)21)34-15-22(31)25-14-17-4-2-3-5-19(17)24/h2-11,26H,12-15H2,1H3,(H,25,31). The molecule has 35 heavy (non-hydrogen) atoms. The van der Waals surface area contributed by atoms with Gasteiger partial charge in [0.25, 0.3) is 0 Å². The van der Waals surface area contributed by atoms with Crippen LogP contribution in [0.25, 0.3) is 5.65 Å². The summed E-state index contributed by atoms with van der Waals surface area (Å²) in [6, 6.07) is 17.5. The minimum Gasteiger partial charge on any atom is -0.351 e. The first-order valence-corrected chi connectivity index (χ1v) is 13.6. The Bertz CT molecular complexity index is 1440. The summed E-state index contributed by atoms with van der Waals surface area (Å²) in [5, 5.41) is 16.8. The number of fused-ring (bicyclic) bond motifs is 1. The van der Waals surface area contributed by atoms with Gasteiger partial charge in [-0.3, -0.25) is 4.79 Å². The number of hydrogen-bond donors (Lipinski definition) is 2. The van der Waals surface area contributed by atoms with Gasteiger partial charge in [-0.2, -0.15) is 9.61 Å². The number of nitrogens with one attached hydrogen (secondary N) is 2. The summed E-state index contributed by atoms with van der Waals surface area (Å²) in [6.07, 6.45) is 0.297. The van der Waals surface area contributed by atoms with E-state index in [1.807, 2.05) is 25.1 Å². The molecule has 2 aromatic carbocycles. The van der Waals surface area contributed by atoms with E-state index in [1.54, 1.807) is 47.0 Å². The number of rotatable bonds is 10. The number of sulfonamides is 1. The lowest BCUT2D eigenvalue weighted by molar-refractivity contribution is -0.118. The number of amides is 1. The van der Waals surface area contributed by atoms with E-state index in [1.165, 1.54) is 11.8 Å². The van der Waals surface area contributed by atoms with Crippen molar-refractivity contribution in [2.75, 3.05) is 12.3 Å². The van der Waals surface area contributed by atoms with Crippen LogP contribution in [-0.4, -0.2) is 46.4 Å². The second kappa shape index (κ2) is 11.2. The lowest BCUT2D eigenvalue weighted by atomic mass is 10.2. The molecule has 2 N–H and O–H groups in total. The number of nitrogens with zero attached hydrogens (tertiary/aromatic N) is 4. The van der Waals surface area contributed by atoms with Gasteiger partial charge in [-0.15, -0.1) is 10.2 Å². The number of hydrogen-bond acceptors (Lipinski definition) is 7. The van der Waals surface area contributed by atoms with Gasteiger partial charge in [-0.25, -0.2) is 13.1 Å². The van der Waals surface area contributed by atoms with Gasteiger partial charge in [0.15, 0.2) is 11.5 Å². The predicted octanol–water partition coefficient (Wildman–Crippen LogP) is 3.02. The molecule has 0 aliphatic rings. The van der Waals surface area contributed by atoms with Crippen LogP contribution in [-0.2, 0) is 27.8 Å². The van der Waals surface area contributed by atoms with Crippen LogP contribution in [0.3, 0.4) is 0 Å². The molecule has 4 aromatic rings. The van der Waals surface area contributed by atoms with Gasteiger partial charge >= 0.3 is 0 Å². The zero-order chi connectivity index (χ0) is 24.8. The van der Waals surface area contributed by atoms with Crippen LogP contribution in [0.1, 0.15) is 17.0 Å². The molecule has 0 unspecified atom stereocenters. The van der Waals surface area contributed by atoms with Crippen molar-refractivity contribution in [2.45, 2.75) is 29.8 Å². The first-order valence-electron chi connectivity index (χ1n) is 10.7. The van der Waals surface area contributed by atoms with E-state index in [0.717, 1.165) is 11.1 Å². The Kier molecular flexibility index (Phi) is 8.01. The number of carbonyl (C=O) groups is 1. The molecule has 0 aliphatic carbocycles. The van der Waals surface area contributed by atoms with Crippen molar-refractivity contribution >= 4 is 44.9 Å². The number of aromatic nitrogens is 4. The quantitative estimate of drug-likeness (QED) is 0.302. The molecule has 12 heteroatoms. The van der Waals surface area contributed by atoms with Gasteiger partial charge in [-0.1, -0.05) is 59.3 Å². The Morgan fingerprint density at radius 3 is 2.60 bits per heavy atom. The van der Waals surface area contributed by atoms with Gasteiger partial charge < -0.3 is 5.32 Å². The zero-order valence-corrected chi connectivity index (χ0v) is 21.2. The maximum absolute atomic E-state index is 12.5. The molecule has 0 saturated heterocycles. The van der Waals surface area contributed by atoms with Crippen LogP contribution < -0.4 is 10.0 Å². The lowest BCUT2D eigenvalue weighted by Gasteiger charge is -2.07. The Hall–Kier alpha value is -2.99. The average Bonchev–Trinajstić information content (AvgIpc) is 3.24. The Morgan fingerprint density at radius 2 is 1.83 bits per heavy atom. The van der Waals surface area contributed by atoms with E-state index >= 15 is 0 Å². The average molecular weight is 531 g/mol. The first-order chi connectivity index (χ1) is 16.8. The van der Waals surface area contributed by atoms with Gasteiger partial charge in [-0.05, 0) is 42.8 Å². The van der Waals surface area contributed by atoms with E-state index in [0.29, 0.717) is 34.5 Å². The Labute approximate surface area is 212 Å². The number of carbonyl (C=O) groups excluding carboxylic acids is 1. The number of benzene rings is 2. The van der Waals surface area contributed by atoms with Crippen molar-refractivity contribution in [2.24, 2.45) is 0 Å². The molecule has 9 nitrogen and oxygen atoms in total. The third-order valence-corrected chi connectivity index (χ3v) is 7.83. The fraction of sp³-hybridized carbons (Fsp3) is 0.217. The molecule has 182 valence electrons. The van der Waals surface area contributed by atoms with E-state index in [-0.39, 0.29) is 23.1 Å².